The van der Waals surface area contributed by atoms with Crippen LogP contribution in [0.25, 0.3) is 0 Å². The van der Waals surface area contributed by atoms with Gasteiger partial charge in [-0.05, 0) is 56.4 Å². The van der Waals surface area contributed by atoms with E-state index in [4.69, 9.17) is 5.73 Å². The third kappa shape index (κ3) is 6.80. The molecule has 3 fully saturated rings. The maximum atomic E-state index is 13.1. The Morgan fingerprint density at radius 1 is 1.03 bits per heavy atom. The topological polar surface area (TPSA) is 78.7 Å². The van der Waals surface area contributed by atoms with Crippen molar-refractivity contribution in [3.63, 3.8) is 0 Å². The molecule has 1 heterocycles. The Labute approximate surface area is 199 Å². The van der Waals surface area contributed by atoms with Crippen molar-refractivity contribution in [2.24, 2.45) is 17.6 Å². The fraction of sp³-hybridized carbons (Fsp3) is 0.704. The quantitative estimate of drug-likeness (QED) is 0.570. The standard InChI is InChI=1S/C27H42N4O2/c28-15-16-29-26(32)25-19-24(14-18-31(25)27(33)23-11-12-23)30(20-22-9-5-2-6-10-22)17-13-21-7-3-1-4-8-21/h1,3-4,7-8,22-25H,2,5-6,9-20,28H2,(H,29,32)/t24?,25-/m1/s1. The molecule has 2 atom stereocenters. The number of nitrogens with one attached hydrogen (secondary N) is 1. The molecule has 1 aromatic carbocycles. The van der Waals surface area contributed by atoms with E-state index in [-0.39, 0.29) is 23.8 Å². The smallest absolute Gasteiger partial charge is 0.242 e. The lowest BCUT2D eigenvalue weighted by Gasteiger charge is -2.44. The Kier molecular flexibility index (Phi) is 8.79. The SMILES string of the molecule is NCCNC(=O)[C@H]1CC(N(CCc2ccccc2)CC2CCCCC2)CCN1C(=O)C1CC1. The van der Waals surface area contributed by atoms with Crippen LogP contribution in [0.2, 0.25) is 0 Å². The molecular weight excluding hydrogens is 412 g/mol. The Balaban J connectivity index is 1.46. The number of rotatable bonds is 10. The third-order valence-electron chi connectivity index (χ3n) is 7.80. The number of piperidine rings is 1. The fourth-order valence-corrected chi connectivity index (χ4v) is 5.71. The van der Waals surface area contributed by atoms with Crippen LogP contribution in [-0.2, 0) is 16.0 Å². The number of nitrogens with two attached hydrogens (primary N) is 1. The van der Waals surface area contributed by atoms with E-state index in [1.807, 2.05) is 4.90 Å². The maximum absolute atomic E-state index is 13.1. The second-order valence-corrected chi connectivity index (χ2v) is 10.3. The van der Waals surface area contributed by atoms with Crippen molar-refractivity contribution >= 4 is 11.8 Å². The molecular formula is C27H42N4O2. The molecule has 1 unspecified atom stereocenters. The van der Waals surface area contributed by atoms with Crippen molar-refractivity contribution in [1.29, 1.82) is 0 Å². The summed E-state index contributed by atoms with van der Waals surface area (Å²) < 4.78 is 0. The lowest BCUT2D eigenvalue weighted by Crippen LogP contribution is -2.58. The van der Waals surface area contributed by atoms with Gasteiger partial charge in [-0.3, -0.25) is 14.5 Å². The highest BCUT2D eigenvalue weighted by Gasteiger charge is 2.42. The second kappa shape index (κ2) is 12.0. The van der Waals surface area contributed by atoms with E-state index in [1.165, 1.54) is 37.7 Å². The van der Waals surface area contributed by atoms with Crippen molar-refractivity contribution in [3.05, 3.63) is 35.9 Å². The van der Waals surface area contributed by atoms with Crippen LogP contribution in [0.3, 0.4) is 0 Å². The molecule has 1 saturated heterocycles. The molecule has 182 valence electrons. The predicted octanol–water partition coefficient (Wildman–Crippen LogP) is 2.96. The van der Waals surface area contributed by atoms with Crippen molar-refractivity contribution in [2.45, 2.75) is 76.3 Å². The summed E-state index contributed by atoms with van der Waals surface area (Å²) in [5, 5.41) is 2.97. The van der Waals surface area contributed by atoms with Gasteiger partial charge in [0.05, 0.1) is 0 Å². The average Bonchev–Trinajstić information content (AvgIpc) is 3.71. The van der Waals surface area contributed by atoms with Gasteiger partial charge < -0.3 is 16.0 Å². The van der Waals surface area contributed by atoms with Crippen LogP contribution in [0.1, 0.15) is 63.4 Å². The van der Waals surface area contributed by atoms with Crippen molar-refractivity contribution < 1.29 is 9.59 Å². The predicted molar refractivity (Wildman–Crippen MR) is 132 cm³/mol. The summed E-state index contributed by atoms with van der Waals surface area (Å²) in [6.07, 6.45) is 11.4. The molecule has 3 aliphatic rings. The highest BCUT2D eigenvalue weighted by Crippen LogP contribution is 2.34. The summed E-state index contributed by atoms with van der Waals surface area (Å²) in [5.41, 5.74) is 7.00. The zero-order chi connectivity index (χ0) is 23.0. The number of amides is 2. The Hall–Kier alpha value is -1.92. The van der Waals surface area contributed by atoms with Crippen molar-refractivity contribution in [1.82, 2.24) is 15.1 Å². The third-order valence-corrected chi connectivity index (χ3v) is 7.80. The molecule has 1 aromatic rings. The van der Waals surface area contributed by atoms with Crippen molar-refractivity contribution in [2.75, 3.05) is 32.7 Å². The summed E-state index contributed by atoms with van der Waals surface area (Å²) in [6, 6.07) is 10.7. The van der Waals surface area contributed by atoms with Crippen LogP contribution in [0.15, 0.2) is 30.3 Å². The van der Waals surface area contributed by atoms with Crippen LogP contribution >= 0.6 is 0 Å². The minimum Gasteiger partial charge on any atom is -0.353 e. The second-order valence-electron chi connectivity index (χ2n) is 10.3. The highest BCUT2D eigenvalue weighted by molar-refractivity contribution is 5.89. The number of hydrogen-bond acceptors (Lipinski definition) is 4. The largest absolute Gasteiger partial charge is 0.353 e. The first kappa shape index (κ1) is 24.2. The van der Waals surface area contributed by atoms with Gasteiger partial charge in [-0.1, -0.05) is 49.6 Å². The van der Waals surface area contributed by atoms with Gasteiger partial charge in [0.25, 0.3) is 0 Å². The maximum Gasteiger partial charge on any atom is 0.242 e. The van der Waals surface area contributed by atoms with E-state index in [2.05, 4.69) is 40.5 Å². The van der Waals surface area contributed by atoms with Crippen molar-refractivity contribution in [3.8, 4) is 0 Å². The Morgan fingerprint density at radius 3 is 2.48 bits per heavy atom. The van der Waals surface area contributed by atoms with Crippen LogP contribution in [0.4, 0.5) is 0 Å². The number of carbonyl (C=O) groups is 2. The van der Waals surface area contributed by atoms with Crippen LogP contribution in [-0.4, -0.2) is 66.4 Å². The van der Waals surface area contributed by atoms with Crippen LogP contribution in [0, 0.1) is 11.8 Å². The molecule has 1 aliphatic heterocycles. The van der Waals surface area contributed by atoms with E-state index in [0.29, 0.717) is 25.7 Å². The molecule has 0 spiro atoms. The Bertz CT molecular complexity index is 761. The molecule has 2 amide bonds. The van der Waals surface area contributed by atoms with Crippen LogP contribution in [0.5, 0.6) is 0 Å². The monoisotopic (exact) mass is 454 g/mol. The van der Waals surface area contributed by atoms with E-state index < -0.39 is 0 Å². The molecule has 4 rings (SSSR count). The summed E-state index contributed by atoms with van der Waals surface area (Å²) in [4.78, 5) is 30.6. The van der Waals surface area contributed by atoms with Gasteiger partial charge in [0.2, 0.25) is 11.8 Å². The molecule has 33 heavy (non-hydrogen) atoms. The van der Waals surface area contributed by atoms with Gasteiger partial charge in [-0.25, -0.2) is 0 Å². The summed E-state index contributed by atoms with van der Waals surface area (Å²) in [7, 11) is 0. The molecule has 0 radical (unpaired) electrons. The van der Waals surface area contributed by atoms with Gasteiger partial charge in [0.15, 0.2) is 0 Å². The molecule has 3 N–H and O–H groups in total. The lowest BCUT2D eigenvalue weighted by atomic mass is 9.87. The van der Waals surface area contributed by atoms with E-state index in [0.717, 1.165) is 51.1 Å². The first-order chi connectivity index (χ1) is 16.2. The first-order valence-corrected chi connectivity index (χ1v) is 13.2. The zero-order valence-corrected chi connectivity index (χ0v) is 20.1. The zero-order valence-electron chi connectivity index (χ0n) is 20.1. The summed E-state index contributed by atoms with van der Waals surface area (Å²) >= 11 is 0. The summed E-state index contributed by atoms with van der Waals surface area (Å²) in [5.74, 6) is 1.05. The van der Waals surface area contributed by atoms with Gasteiger partial charge in [0, 0.05) is 44.7 Å². The van der Waals surface area contributed by atoms with E-state index in [9.17, 15) is 9.59 Å². The molecule has 2 saturated carbocycles. The first-order valence-electron chi connectivity index (χ1n) is 13.2. The van der Waals surface area contributed by atoms with Gasteiger partial charge >= 0.3 is 0 Å². The fourth-order valence-electron chi connectivity index (χ4n) is 5.71. The summed E-state index contributed by atoms with van der Waals surface area (Å²) in [6.45, 7) is 3.70. The highest BCUT2D eigenvalue weighted by atomic mass is 16.2. The Morgan fingerprint density at radius 2 is 1.79 bits per heavy atom. The van der Waals surface area contributed by atoms with Crippen LogP contribution < -0.4 is 11.1 Å². The minimum atomic E-state index is -0.367. The van der Waals surface area contributed by atoms with Gasteiger partial charge in [-0.15, -0.1) is 0 Å². The minimum absolute atomic E-state index is 0.0279. The van der Waals surface area contributed by atoms with E-state index in [1.54, 1.807) is 0 Å². The van der Waals surface area contributed by atoms with E-state index >= 15 is 0 Å². The molecule has 0 bridgehead atoms. The lowest BCUT2D eigenvalue weighted by molar-refractivity contribution is -0.144. The molecule has 6 heteroatoms. The molecule has 2 aliphatic carbocycles. The van der Waals surface area contributed by atoms with Gasteiger partial charge in [0.1, 0.15) is 6.04 Å². The number of hydrogen-bond donors (Lipinski definition) is 2. The normalized spacial score (nSPS) is 24.1. The number of likely N-dealkylation sites (tertiary alicyclic amines) is 1. The number of carbonyl (C=O) groups excluding carboxylic acids is 2. The average molecular weight is 455 g/mol. The molecule has 0 aromatic heterocycles. The number of nitrogens with zero attached hydrogens (tertiary/aromatic N) is 2. The molecule has 6 nitrogen and oxygen atoms in total. The van der Waals surface area contributed by atoms with Gasteiger partial charge in [-0.2, -0.15) is 0 Å². The number of benzene rings is 1.